The maximum Gasteiger partial charge on any atom is 2.00 e. The number of sulfone groups is 2. The van der Waals surface area contributed by atoms with E-state index in [2.05, 4.69) is 0 Å². The van der Waals surface area contributed by atoms with Gasteiger partial charge < -0.3 is 9.47 Å². The van der Waals surface area contributed by atoms with Crippen LogP contribution in [0.4, 0.5) is 0 Å². The van der Waals surface area contributed by atoms with Crippen molar-refractivity contribution in [2.45, 2.75) is 9.79 Å². The van der Waals surface area contributed by atoms with Crippen LogP contribution in [0.1, 0.15) is 22.3 Å². The Balaban J connectivity index is 0.000000200. The Hall–Kier alpha value is -3.54. The maximum atomic E-state index is 12.0. The summed E-state index contributed by atoms with van der Waals surface area (Å²) < 4.78 is 56.4. The van der Waals surface area contributed by atoms with Crippen LogP contribution in [0.15, 0.2) is 119 Å². The smallest absolute Gasteiger partial charge is 0.457 e. The van der Waals surface area contributed by atoms with Gasteiger partial charge in [-0.2, -0.15) is 0 Å². The number of carbonyl (C=O) groups excluding carboxylic acids is 2. The SMILES string of the molecule is CS(=O)(=O)c1ccc(C2=C(c3ccccc3)C(=O)OC2)cc1.CS(=O)(=O)c1ccc(C2=C(c3ccccc3)C(=O)OC2)cc1.[Ca+2]. The summed E-state index contributed by atoms with van der Waals surface area (Å²) in [6.07, 6.45) is 2.33. The van der Waals surface area contributed by atoms with Gasteiger partial charge in [-0.25, -0.2) is 26.4 Å². The van der Waals surface area contributed by atoms with Crippen molar-refractivity contribution in [2.75, 3.05) is 25.7 Å². The molecule has 4 aromatic carbocycles. The number of ether oxygens (including phenoxy) is 2. The third-order valence-corrected chi connectivity index (χ3v) is 9.35. The molecule has 2 aliphatic heterocycles. The predicted octanol–water partition coefficient (Wildman–Crippen LogP) is 4.73. The van der Waals surface area contributed by atoms with Gasteiger partial charge >= 0.3 is 49.7 Å². The minimum Gasteiger partial charge on any atom is -0.457 e. The zero-order valence-electron chi connectivity index (χ0n) is 24.6. The number of cyclic esters (lactones) is 2. The summed E-state index contributed by atoms with van der Waals surface area (Å²) in [6, 6.07) is 31.6. The molecule has 0 fully saturated rings. The molecule has 224 valence electrons. The summed E-state index contributed by atoms with van der Waals surface area (Å²) in [6.45, 7) is 0.391. The Labute approximate surface area is 292 Å². The van der Waals surface area contributed by atoms with Crippen LogP contribution in [0, 0.1) is 0 Å². The van der Waals surface area contributed by atoms with E-state index >= 15 is 0 Å². The molecular weight excluding hydrogens is 641 g/mol. The molecule has 4 aromatic rings. The normalized spacial score (nSPS) is 14.7. The largest absolute Gasteiger partial charge is 2.00 e. The Morgan fingerprint density at radius 1 is 0.467 bits per heavy atom. The van der Waals surface area contributed by atoms with Crippen LogP contribution in [0.25, 0.3) is 22.3 Å². The second kappa shape index (κ2) is 14.3. The first kappa shape index (κ1) is 34.3. The average molecular weight is 669 g/mol. The molecule has 0 radical (unpaired) electrons. The van der Waals surface area contributed by atoms with Crippen molar-refractivity contribution in [3.05, 3.63) is 131 Å². The molecule has 0 aromatic heterocycles. The zero-order chi connectivity index (χ0) is 31.5. The van der Waals surface area contributed by atoms with E-state index in [1.807, 2.05) is 60.7 Å². The van der Waals surface area contributed by atoms with Crippen molar-refractivity contribution in [1.82, 2.24) is 0 Å². The summed E-state index contributed by atoms with van der Waals surface area (Å²) in [5.74, 6) is -0.707. The molecule has 2 aliphatic rings. The van der Waals surface area contributed by atoms with Crippen LogP contribution in [-0.4, -0.2) is 92.2 Å². The molecule has 0 saturated carbocycles. The van der Waals surface area contributed by atoms with E-state index in [0.717, 1.165) is 33.4 Å². The van der Waals surface area contributed by atoms with Crippen LogP contribution < -0.4 is 0 Å². The van der Waals surface area contributed by atoms with E-state index < -0.39 is 19.7 Å². The minimum absolute atomic E-state index is 0. The molecule has 0 amide bonds. The first-order valence-electron chi connectivity index (χ1n) is 13.5. The molecule has 11 heteroatoms. The van der Waals surface area contributed by atoms with Crippen LogP contribution in [0.3, 0.4) is 0 Å². The summed E-state index contributed by atoms with van der Waals surface area (Å²) in [5, 5.41) is 0. The molecule has 0 bridgehead atoms. The molecule has 0 spiro atoms. The topological polar surface area (TPSA) is 121 Å². The van der Waals surface area contributed by atoms with Gasteiger partial charge in [-0.15, -0.1) is 0 Å². The third kappa shape index (κ3) is 8.01. The van der Waals surface area contributed by atoms with Crippen molar-refractivity contribution < 1.29 is 35.9 Å². The summed E-state index contributed by atoms with van der Waals surface area (Å²) >= 11 is 0. The van der Waals surface area contributed by atoms with Crippen molar-refractivity contribution >= 4 is 91.6 Å². The molecule has 8 nitrogen and oxygen atoms in total. The first-order chi connectivity index (χ1) is 20.9. The summed E-state index contributed by atoms with van der Waals surface area (Å²) in [5.41, 5.74) is 5.79. The van der Waals surface area contributed by atoms with E-state index in [-0.39, 0.29) is 72.7 Å². The Morgan fingerprint density at radius 3 is 1.07 bits per heavy atom. The third-order valence-electron chi connectivity index (χ3n) is 7.09. The van der Waals surface area contributed by atoms with Crippen LogP contribution in [-0.2, 0) is 38.7 Å². The van der Waals surface area contributed by atoms with Crippen molar-refractivity contribution in [3.8, 4) is 0 Å². The van der Waals surface area contributed by atoms with Gasteiger partial charge in [0, 0.05) is 23.7 Å². The van der Waals surface area contributed by atoms with E-state index in [0.29, 0.717) is 11.1 Å². The molecule has 0 unspecified atom stereocenters. The number of hydrogen-bond donors (Lipinski definition) is 0. The van der Waals surface area contributed by atoms with Crippen molar-refractivity contribution in [3.63, 3.8) is 0 Å². The molecule has 45 heavy (non-hydrogen) atoms. The van der Waals surface area contributed by atoms with Gasteiger partial charge in [0.2, 0.25) is 0 Å². The number of rotatable bonds is 6. The molecule has 2 heterocycles. The van der Waals surface area contributed by atoms with E-state index in [1.165, 1.54) is 12.5 Å². The Morgan fingerprint density at radius 2 is 0.778 bits per heavy atom. The number of hydrogen-bond acceptors (Lipinski definition) is 8. The van der Waals surface area contributed by atoms with Crippen LogP contribution in [0.2, 0.25) is 0 Å². The van der Waals surface area contributed by atoms with Gasteiger partial charge in [0.1, 0.15) is 13.2 Å². The maximum absolute atomic E-state index is 12.0. The number of carbonyl (C=O) groups is 2. The molecule has 0 atom stereocenters. The quantitative estimate of drug-likeness (QED) is 0.214. The minimum atomic E-state index is -3.23. The van der Waals surface area contributed by atoms with Gasteiger partial charge in [-0.05, 0) is 46.5 Å². The molecule has 0 saturated heterocycles. The molecule has 0 N–H and O–H groups in total. The van der Waals surface area contributed by atoms with Gasteiger partial charge in [-0.1, -0.05) is 84.9 Å². The van der Waals surface area contributed by atoms with E-state index in [4.69, 9.17) is 9.47 Å². The van der Waals surface area contributed by atoms with Crippen molar-refractivity contribution in [2.24, 2.45) is 0 Å². The molecule has 0 aliphatic carbocycles. The Bertz CT molecular complexity index is 1850. The van der Waals surface area contributed by atoms with Crippen LogP contribution in [0.5, 0.6) is 0 Å². The van der Waals surface area contributed by atoms with Crippen LogP contribution >= 0.6 is 0 Å². The van der Waals surface area contributed by atoms with Gasteiger partial charge in [0.15, 0.2) is 19.7 Å². The van der Waals surface area contributed by atoms with Gasteiger partial charge in [0.05, 0.1) is 20.9 Å². The Kier molecular flexibility index (Phi) is 10.9. The average Bonchev–Trinajstić information content (AvgIpc) is 3.60. The monoisotopic (exact) mass is 668 g/mol. The fraction of sp³-hybridized carbons (Fsp3) is 0.118. The van der Waals surface area contributed by atoms with E-state index in [1.54, 1.807) is 48.5 Å². The summed E-state index contributed by atoms with van der Waals surface area (Å²) in [7, 11) is -6.47. The second-order valence-corrected chi connectivity index (χ2v) is 14.2. The summed E-state index contributed by atoms with van der Waals surface area (Å²) in [4.78, 5) is 24.5. The fourth-order valence-corrected chi connectivity index (χ4v) is 6.13. The van der Waals surface area contributed by atoms with E-state index in [9.17, 15) is 26.4 Å². The fourth-order valence-electron chi connectivity index (χ4n) is 4.87. The zero-order valence-corrected chi connectivity index (χ0v) is 28.4. The standard InChI is InChI=1S/2C17H14O4S.Ca/c2*1-22(19,20)14-9-7-12(8-10-14)15-11-21-17(18)16(15)13-5-3-2-4-6-13;/h2*2-10H,11H2,1H3;/q;;+2. The van der Waals surface area contributed by atoms with Crippen molar-refractivity contribution in [1.29, 1.82) is 0 Å². The predicted molar refractivity (Wildman–Crippen MR) is 173 cm³/mol. The number of esters is 2. The molecule has 6 rings (SSSR count). The first-order valence-corrected chi connectivity index (χ1v) is 17.2. The van der Waals surface area contributed by atoms with Gasteiger partial charge in [-0.3, -0.25) is 0 Å². The molecular formula is C34H28CaO8S2+2. The number of benzene rings is 4. The second-order valence-electron chi connectivity index (χ2n) is 10.2. The van der Waals surface area contributed by atoms with Gasteiger partial charge in [0.25, 0.3) is 0 Å².